The van der Waals surface area contributed by atoms with Gasteiger partial charge in [0.05, 0.1) is 11.6 Å². The SMILES string of the molecule is CCC(CNc1ccc(C#N)c(CN2CCN(c3ccc(C)cc3)CC2)c1)N1CCCC1. The monoisotopic (exact) mass is 431 g/mol. The molecule has 0 bridgehead atoms. The largest absolute Gasteiger partial charge is 0.383 e. The molecule has 0 amide bonds. The van der Waals surface area contributed by atoms with Crippen LogP contribution in [-0.4, -0.2) is 61.7 Å². The zero-order chi connectivity index (χ0) is 22.3. The summed E-state index contributed by atoms with van der Waals surface area (Å²) >= 11 is 0. The second kappa shape index (κ2) is 10.8. The highest BCUT2D eigenvalue weighted by Crippen LogP contribution is 2.22. The summed E-state index contributed by atoms with van der Waals surface area (Å²) < 4.78 is 0. The molecule has 1 atom stereocenters. The Bertz CT molecular complexity index is 903. The summed E-state index contributed by atoms with van der Waals surface area (Å²) in [5.41, 5.74) is 5.67. The number of anilines is 2. The molecule has 2 aromatic carbocycles. The van der Waals surface area contributed by atoms with Gasteiger partial charge in [0.25, 0.3) is 0 Å². The Balaban J connectivity index is 1.34. The fourth-order valence-electron chi connectivity index (χ4n) is 4.98. The molecule has 4 rings (SSSR count). The molecule has 5 nitrogen and oxygen atoms in total. The highest BCUT2D eigenvalue weighted by Gasteiger charge is 2.21. The van der Waals surface area contributed by atoms with Crippen molar-refractivity contribution in [1.29, 1.82) is 5.26 Å². The van der Waals surface area contributed by atoms with Gasteiger partial charge in [-0.1, -0.05) is 24.6 Å². The van der Waals surface area contributed by atoms with Gasteiger partial charge in [0.15, 0.2) is 0 Å². The Kier molecular flexibility index (Phi) is 7.68. The van der Waals surface area contributed by atoms with Crippen LogP contribution in [0.3, 0.4) is 0 Å². The molecule has 2 aliphatic heterocycles. The van der Waals surface area contributed by atoms with Gasteiger partial charge in [-0.2, -0.15) is 5.26 Å². The normalized spacial score (nSPS) is 18.5. The number of rotatable bonds is 8. The lowest BCUT2D eigenvalue weighted by molar-refractivity contribution is 0.246. The first kappa shape index (κ1) is 22.6. The van der Waals surface area contributed by atoms with E-state index in [0.29, 0.717) is 6.04 Å². The van der Waals surface area contributed by atoms with Crippen molar-refractivity contribution in [2.24, 2.45) is 0 Å². The van der Waals surface area contributed by atoms with Crippen molar-refractivity contribution in [3.8, 4) is 6.07 Å². The molecule has 0 aliphatic carbocycles. The van der Waals surface area contributed by atoms with Crippen molar-refractivity contribution in [2.75, 3.05) is 56.0 Å². The van der Waals surface area contributed by atoms with Crippen LogP contribution in [-0.2, 0) is 6.54 Å². The Morgan fingerprint density at radius 2 is 1.69 bits per heavy atom. The van der Waals surface area contributed by atoms with Gasteiger partial charge in [0.1, 0.15) is 0 Å². The lowest BCUT2D eigenvalue weighted by Crippen LogP contribution is -2.46. The van der Waals surface area contributed by atoms with E-state index in [0.717, 1.165) is 56.1 Å². The maximum absolute atomic E-state index is 9.65. The predicted octanol–water partition coefficient (Wildman–Crippen LogP) is 4.48. The number of nitriles is 1. The van der Waals surface area contributed by atoms with Crippen molar-refractivity contribution < 1.29 is 0 Å². The second-order valence-electron chi connectivity index (χ2n) is 9.27. The van der Waals surface area contributed by atoms with Crippen molar-refractivity contribution in [1.82, 2.24) is 9.80 Å². The molecule has 2 aromatic rings. The average Bonchev–Trinajstić information content (AvgIpc) is 3.36. The molecule has 2 saturated heterocycles. The summed E-state index contributed by atoms with van der Waals surface area (Å²) in [6.07, 6.45) is 3.82. The highest BCUT2D eigenvalue weighted by atomic mass is 15.3. The van der Waals surface area contributed by atoms with Gasteiger partial charge in [-0.3, -0.25) is 9.80 Å². The molecule has 170 valence electrons. The Morgan fingerprint density at radius 3 is 2.34 bits per heavy atom. The fraction of sp³-hybridized carbons (Fsp3) is 0.519. The van der Waals surface area contributed by atoms with Crippen molar-refractivity contribution in [2.45, 2.75) is 45.7 Å². The number of likely N-dealkylation sites (tertiary alicyclic amines) is 1. The zero-order valence-corrected chi connectivity index (χ0v) is 19.7. The third kappa shape index (κ3) is 5.62. The number of hydrogen-bond acceptors (Lipinski definition) is 5. The van der Waals surface area contributed by atoms with Crippen molar-refractivity contribution in [3.05, 3.63) is 59.2 Å². The van der Waals surface area contributed by atoms with E-state index < -0.39 is 0 Å². The molecule has 1 unspecified atom stereocenters. The van der Waals surface area contributed by atoms with Gasteiger partial charge >= 0.3 is 0 Å². The van der Waals surface area contributed by atoms with Crippen LogP contribution in [0.25, 0.3) is 0 Å². The Labute approximate surface area is 193 Å². The maximum atomic E-state index is 9.65. The minimum Gasteiger partial charge on any atom is -0.383 e. The number of aryl methyl sites for hydroxylation is 1. The van der Waals surface area contributed by atoms with Crippen LogP contribution >= 0.6 is 0 Å². The standard InChI is InChI=1S/C27H37N5/c1-3-26(31-12-4-5-13-31)20-29-25-9-8-23(19-28)24(18-25)21-30-14-16-32(17-15-30)27-10-6-22(2)7-11-27/h6-11,18,26,29H,3-5,12-17,20-21H2,1-2H3. The summed E-state index contributed by atoms with van der Waals surface area (Å²) in [5, 5.41) is 13.3. The lowest BCUT2D eigenvalue weighted by atomic mass is 10.1. The van der Waals surface area contributed by atoms with Crippen LogP contribution in [0, 0.1) is 18.3 Å². The first-order valence-corrected chi connectivity index (χ1v) is 12.2. The van der Waals surface area contributed by atoms with E-state index in [4.69, 9.17) is 0 Å². The van der Waals surface area contributed by atoms with Gasteiger partial charge in [-0.15, -0.1) is 0 Å². The predicted molar refractivity (Wildman–Crippen MR) is 133 cm³/mol. The lowest BCUT2D eigenvalue weighted by Gasteiger charge is -2.36. The smallest absolute Gasteiger partial charge is 0.0995 e. The van der Waals surface area contributed by atoms with Crippen molar-refractivity contribution >= 4 is 11.4 Å². The highest BCUT2D eigenvalue weighted by molar-refractivity contribution is 5.52. The van der Waals surface area contributed by atoms with Crippen LogP contribution in [0.1, 0.15) is 42.9 Å². The number of hydrogen-bond donors (Lipinski definition) is 1. The number of nitrogens with one attached hydrogen (secondary N) is 1. The molecule has 0 aromatic heterocycles. The quantitative estimate of drug-likeness (QED) is 0.668. The van der Waals surface area contributed by atoms with Crippen LogP contribution < -0.4 is 10.2 Å². The Hall–Kier alpha value is -2.55. The minimum atomic E-state index is 0.589. The topological polar surface area (TPSA) is 45.5 Å². The van der Waals surface area contributed by atoms with Gasteiger partial charge in [-0.05, 0) is 75.2 Å². The molecule has 2 aliphatic rings. The molecular formula is C27H37N5. The number of nitrogens with zero attached hydrogens (tertiary/aromatic N) is 4. The third-order valence-electron chi connectivity index (χ3n) is 7.06. The van der Waals surface area contributed by atoms with Gasteiger partial charge in [0.2, 0.25) is 0 Å². The first-order valence-electron chi connectivity index (χ1n) is 12.2. The van der Waals surface area contributed by atoms with Gasteiger partial charge in [-0.25, -0.2) is 0 Å². The summed E-state index contributed by atoms with van der Waals surface area (Å²) in [4.78, 5) is 7.55. The first-order chi connectivity index (χ1) is 15.7. The number of benzene rings is 2. The molecule has 2 heterocycles. The van der Waals surface area contributed by atoms with E-state index in [9.17, 15) is 5.26 Å². The van der Waals surface area contributed by atoms with E-state index in [1.54, 1.807) is 0 Å². The molecule has 1 N–H and O–H groups in total. The molecule has 0 spiro atoms. The molecule has 32 heavy (non-hydrogen) atoms. The maximum Gasteiger partial charge on any atom is 0.0995 e. The average molecular weight is 432 g/mol. The molecule has 0 radical (unpaired) electrons. The van der Waals surface area contributed by atoms with E-state index >= 15 is 0 Å². The second-order valence-corrected chi connectivity index (χ2v) is 9.27. The zero-order valence-electron chi connectivity index (χ0n) is 19.7. The molecule has 5 heteroatoms. The van der Waals surface area contributed by atoms with Gasteiger partial charge in [0, 0.05) is 56.7 Å². The Morgan fingerprint density at radius 1 is 0.969 bits per heavy atom. The van der Waals surface area contributed by atoms with E-state index in [1.807, 2.05) is 6.07 Å². The molecule has 2 fully saturated rings. The summed E-state index contributed by atoms with van der Waals surface area (Å²) in [5.74, 6) is 0. The molecular weight excluding hydrogens is 394 g/mol. The van der Waals surface area contributed by atoms with Crippen LogP contribution in [0.2, 0.25) is 0 Å². The van der Waals surface area contributed by atoms with E-state index in [2.05, 4.69) is 76.3 Å². The van der Waals surface area contributed by atoms with Crippen LogP contribution in [0.4, 0.5) is 11.4 Å². The third-order valence-corrected chi connectivity index (χ3v) is 7.06. The summed E-state index contributed by atoms with van der Waals surface area (Å²) in [6.45, 7) is 12.8. The van der Waals surface area contributed by atoms with Crippen LogP contribution in [0.15, 0.2) is 42.5 Å². The van der Waals surface area contributed by atoms with Gasteiger partial charge < -0.3 is 10.2 Å². The van der Waals surface area contributed by atoms with Crippen molar-refractivity contribution in [3.63, 3.8) is 0 Å². The summed E-state index contributed by atoms with van der Waals surface area (Å²) in [6, 6.07) is 18.0. The fourth-order valence-corrected chi connectivity index (χ4v) is 4.98. The minimum absolute atomic E-state index is 0.589. The molecule has 0 saturated carbocycles. The van der Waals surface area contributed by atoms with E-state index in [-0.39, 0.29) is 0 Å². The van der Waals surface area contributed by atoms with Crippen LogP contribution in [0.5, 0.6) is 0 Å². The number of piperazine rings is 1. The summed E-state index contributed by atoms with van der Waals surface area (Å²) in [7, 11) is 0. The van der Waals surface area contributed by atoms with E-state index in [1.165, 1.54) is 43.6 Å².